The van der Waals surface area contributed by atoms with Crippen molar-refractivity contribution in [2.24, 2.45) is 0 Å². The minimum Gasteiger partial charge on any atom is -0.393 e. The summed E-state index contributed by atoms with van der Waals surface area (Å²) in [7, 11) is 0. The first-order chi connectivity index (χ1) is 10.9. The number of aliphatic hydroxyl groups excluding tert-OH is 1. The molecule has 2 aromatic rings. The predicted molar refractivity (Wildman–Crippen MR) is 92.0 cm³/mol. The summed E-state index contributed by atoms with van der Waals surface area (Å²) in [4.78, 5) is 33.0. The summed E-state index contributed by atoms with van der Waals surface area (Å²) in [5.41, 5.74) is 0.829. The van der Waals surface area contributed by atoms with Crippen molar-refractivity contribution < 1.29 is 9.90 Å². The van der Waals surface area contributed by atoms with Crippen molar-refractivity contribution in [1.82, 2.24) is 15.3 Å². The first-order valence-electron chi connectivity index (χ1n) is 7.86. The molecular weight excluding hydrogens is 314 g/mol. The van der Waals surface area contributed by atoms with Crippen LogP contribution in [0, 0.1) is 13.8 Å². The van der Waals surface area contributed by atoms with Gasteiger partial charge in [0.05, 0.1) is 11.5 Å². The normalized spacial score (nSPS) is 12.5. The Morgan fingerprint density at radius 3 is 2.87 bits per heavy atom. The number of amides is 1. The molecule has 126 valence electrons. The number of hydrogen-bond donors (Lipinski definition) is 3. The Bertz CT molecular complexity index is 751. The predicted octanol–water partition coefficient (Wildman–Crippen LogP) is 1.81. The minimum atomic E-state index is -0.374. The third-order valence-corrected chi connectivity index (χ3v) is 5.05. The van der Waals surface area contributed by atoms with E-state index in [0.717, 1.165) is 15.3 Å². The second kappa shape index (κ2) is 7.70. The SMILES string of the molecule is CCC(O)CCNC(=O)CCc1nc2sc(C)c(C)c2c(=O)[nH]1. The lowest BCUT2D eigenvalue weighted by atomic mass is 10.2. The van der Waals surface area contributed by atoms with E-state index in [1.165, 1.54) is 11.3 Å². The Hall–Kier alpha value is -1.73. The number of nitrogens with one attached hydrogen (secondary N) is 2. The number of H-pyrrole nitrogens is 1. The number of aryl methyl sites for hydroxylation is 3. The number of aromatic amines is 1. The van der Waals surface area contributed by atoms with Gasteiger partial charge in [-0.25, -0.2) is 4.98 Å². The van der Waals surface area contributed by atoms with Gasteiger partial charge in [-0.2, -0.15) is 0 Å². The van der Waals surface area contributed by atoms with Gasteiger partial charge < -0.3 is 15.4 Å². The second-order valence-electron chi connectivity index (χ2n) is 5.68. The molecule has 0 bridgehead atoms. The molecule has 0 aliphatic carbocycles. The number of nitrogens with zero attached hydrogens (tertiary/aromatic N) is 1. The zero-order valence-corrected chi connectivity index (χ0v) is 14.5. The average Bonchev–Trinajstić information content (AvgIpc) is 2.80. The summed E-state index contributed by atoms with van der Waals surface area (Å²) >= 11 is 1.50. The van der Waals surface area contributed by atoms with Crippen molar-refractivity contribution >= 4 is 27.5 Å². The highest BCUT2D eigenvalue weighted by Crippen LogP contribution is 2.25. The lowest BCUT2D eigenvalue weighted by molar-refractivity contribution is -0.121. The van der Waals surface area contributed by atoms with Gasteiger partial charge in [0.2, 0.25) is 5.91 Å². The van der Waals surface area contributed by atoms with Crippen LogP contribution in [0.4, 0.5) is 0 Å². The van der Waals surface area contributed by atoms with Gasteiger partial charge in [-0.05, 0) is 32.3 Å². The van der Waals surface area contributed by atoms with Gasteiger partial charge in [0.1, 0.15) is 10.7 Å². The van der Waals surface area contributed by atoms with Crippen molar-refractivity contribution in [2.75, 3.05) is 6.54 Å². The highest BCUT2D eigenvalue weighted by atomic mass is 32.1. The van der Waals surface area contributed by atoms with Crippen LogP contribution < -0.4 is 10.9 Å². The Morgan fingerprint density at radius 1 is 1.43 bits per heavy atom. The molecule has 2 heterocycles. The summed E-state index contributed by atoms with van der Waals surface area (Å²) in [6, 6.07) is 0. The number of aromatic nitrogens is 2. The molecule has 3 N–H and O–H groups in total. The van der Waals surface area contributed by atoms with Crippen LogP contribution in [0.5, 0.6) is 0 Å². The van der Waals surface area contributed by atoms with Gasteiger partial charge in [-0.3, -0.25) is 9.59 Å². The number of hydrogen-bond acceptors (Lipinski definition) is 5. The van der Waals surface area contributed by atoms with Crippen molar-refractivity contribution in [3.63, 3.8) is 0 Å². The molecule has 0 aliphatic heterocycles. The van der Waals surface area contributed by atoms with Crippen molar-refractivity contribution in [2.45, 2.75) is 52.6 Å². The summed E-state index contributed by atoms with van der Waals surface area (Å²) in [6.07, 6.45) is 1.52. The van der Waals surface area contributed by atoms with Crippen LogP contribution >= 0.6 is 11.3 Å². The van der Waals surface area contributed by atoms with Gasteiger partial charge in [0.25, 0.3) is 5.56 Å². The van der Waals surface area contributed by atoms with Crippen molar-refractivity contribution in [3.8, 4) is 0 Å². The highest BCUT2D eigenvalue weighted by Gasteiger charge is 2.12. The van der Waals surface area contributed by atoms with Crippen LogP contribution in [0.3, 0.4) is 0 Å². The zero-order valence-electron chi connectivity index (χ0n) is 13.7. The molecule has 0 aromatic carbocycles. The molecule has 0 saturated carbocycles. The molecule has 7 heteroatoms. The molecule has 6 nitrogen and oxygen atoms in total. The second-order valence-corrected chi connectivity index (χ2v) is 6.88. The quantitative estimate of drug-likeness (QED) is 0.718. The lowest BCUT2D eigenvalue weighted by Crippen LogP contribution is -2.27. The van der Waals surface area contributed by atoms with E-state index in [-0.39, 0.29) is 24.0 Å². The molecule has 1 unspecified atom stereocenters. The van der Waals surface area contributed by atoms with Gasteiger partial charge >= 0.3 is 0 Å². The van der Waals surface area contributed by atoms with E-state index in [2.05, 4.69) is 15.3 Å². The van der Waals surface area contributed by atoms with Crippen LogP contribution in [-0.2, 0) is 11.2 Å². The highest BCUT2D eigenvalue weighted by molar-refractivity contribution is 7.18. The average molecular weight is 337 g/mol. The summed E-state index contributed by atoms with van der Waals surface area (Å²) in [5, 5.41) is 12.8. The fourth-order valence-corrected chi connectivity index (χ4v) is 3.37. The molecule has 1 atom stereocenters. The van der Waals surface area contributed by atoms with Gasteiger partial charge in [0, 0.05) is 24.3 Å². The minimum absolute atomic E-state index is 0.102. The van der Waals surface area contributed by atoms with Gasteiger partial charge in [-0.15, -0.1) is 11.3 Å². The first-order valence-corrected chi connectivity index (χ1v) is 8.67. The van der Waals surface area contributed by atoms with E-state index in [1.54, 1.807) is 0 Å². The van der Waals surface area contributed by atoms with Crippen molar-refractivity contribution in [1.29, 1.82) is 0 Å². The van der Waals surface area contributed by atoms with Crippen molar-refractivity contribution in [3.05, 3.63) is 26.6 Å². The molecule has 23 heavy (non-hydrogen) atoms. The van der Waals surface area contributed by atoms with E-state index < -0.39 is 0 Å². The van der Waals surface area contributed by atoms with Crippen LogP contribution in [0.2, 0.25) is 0 Å². The van der Waals surface area contributed by atoms with Crippen LogP contribution in [0.15, 0.2) is 4.79 Å². The summed E-state index contributed by atoms with van der Waals surface area (Å²) in [6.45, 7) is 6.25. The van der Waals surface area contributed by atoms with Crippen LogP contribution in [0.25, 0.3) is 10.2 Å². The number of carbonyl (C=O) groups is 1. The molecule has 0 aliphatic rings. The number of carbonyl (C=O) groups excluding carboxylic acids is 1. The Balaban J connectivity index is 1.95. The lowest BCUT2D eigenvalue weighted by Gasteiger charge is -2.08. The van der Waals surface area contributed by atoms with E-state index in [9.17, 15) is 14.7 Å². The zero-order chi connectivity index (χ0) is 17.0. The molecule has 0 spiro atoms. The Morgan fingerprint density at radius 2 is 2.17 bits per heavy atom. The molecule has 2 rings (SSSR count). The largest absolute Gasteiger partial charge is 0.393 e. The molecule has 0 saturated heterocycles. The number of fused-ring (bicyclic) bond motifs is 1. The summed E-state index contributed by atoms with van der Waals surface area (Å²) in [5.74, 6) is 0.432. The van der Waals surface area contributed by atoms with Crippen LogP contribution in [0.1, 0.15) is 42.5 Å². The molecule has 0 fully saturated rings. The number of rotatable bonds is 7. The topological polar surface area (TPSA) is 95.1 Å². The van der Waals surface area contributed by atoms with Gasteiger partial charge in [-0.1, -0.05) is 6.92 Å². The maximum absolute atomic E-state index is 12.1. The molecule has 0 radical (unpaired) electrons. The Labute approximate surface area is 139 Å². The van der Waals surface area contributed by atoms with E-state index >= 15 is 0 Å². The molecule has 2 aromatic heterocycles. The maximum Gasteiger partial charge on any atom is 0.259 e. The standard InChI is InChI=1S/C16H23N3O3S/c1-4-11(20)7-8-17-13(21)6-5-12-18-15(22)14-9(2)10(3)23-16(14)19-12/h11,20H,4-8H2,1-3H3,(H,17,21)(H,18,19,22). The number of aliphatic hydroxyl groups is 1. The summed E-state index contributed by atoms with van der Waals surface area (Å²) < 4.78 is 0. The third kappa shape index (κ3) is 4.39. The van der Waals surface area contributed by atoms with Crippen LogP contribution in [-0.4, -0.2) is 33.6 Å². The van der Waals surface area contributed by atoms with E-state index in [1.807, 2.05) is 20.8 Å². The smallest absolute Gasteiger partial charge is 0.259 e. The first kappa shape index (κ1) is 17.6. The number of thiophene rings is 1. The fourth-order valence-electron chi connectivity index (χ4n) is 2.32. The molecule has 1 amide bonds. The monoisotopic (exact) mass is 337 g/mol. The maximum atomic E-state index is 12.1. The van der Waals surface area contributed by atoms with E-state index in [0.29, 0.717) is 37.0 Å². The Kier molecular flexibility index (Phi) is 5.90. The van der Waals surface area contributed by atoms with E-state index in [4.69, 9.17) is 0 Å². The van der Waals surface area contributed by atoms with Gasteiger partial charge in [0.15, 0.2) is 0 Å². The molecular formula is C16H23N3O3S. The fraction of sp³-hybridized carbons (Fsp3) is 0.562. The third-order valence-electron chi connectivity index (χ3n) is 3.95.